The third kappa shape index (κ3) is 4.49. The van der Waals surface area contributed by atoms with Gasteiger partial charge in [0, 0.05) is 44.6 Å². The Kier molecular flexibility index (Phi) is 5.83. The number of aryl methyl sites for hydroxylation is 1. The number of aromatic nitrogens is 2. The zero-order valence-electron chi connectivity index (χ0n) is 16.4. The first-order valence-electron chi connectivity index (χ1n) is 10.0. The molecule has 0 amide bonds. The molecule has 0 aliphatic carbocycles. The summed E-state index contributed by atoms with van der Waals surface area (Å²) in [4.78, 5) is 14.0. The molecule has 144 valence electrons. The van der Waals surface area contributed by atoms with E-state index in [0.717, 1.165) is 56.6 Å². The number of anilines is 3. The Labute approximate surface area is 167 Å². The minimum absolute atomic E-state index is 0.804. The van der Waals surface area contributed by atoms with E-state index in [0.29, 0.717) is 0 Å². The highest BCUT2D eigenvalue weighted by molar-refractivity contribution is 5.61. The van der Waals surface area contributed by atoms with E-state index in [-0.39, 0.29) is 0 Å². The maximum atomic E-state index is 4.76. The van der Waals surface area contributed by atoms with Crippen molar-refractivity contribution in [1.29, 1.82) is 0 Å². The van der Waals surface area contributed by atoms with Gasteiger partial charge in [-0.2, -0.15) is 4.98 Å². The van der Waals surface area contributed by atoms with Crippen molar-refractivity contribution >= 4 is 17.5 Å². The number of hydrogen-bond acceptors (Lipinski definition) is 5. The second kappa shape index (κ2) is 8.85. The Balaban J connectivity index is 1.38. The van der Waals surface area contributed by atoms with Gasteiger partial charge < -0.3 is 10.2 Å². The summed E-state index contributed by atoms with van der Waals surface area (Å²) in [6.07, 6.45) is 2.83. The molecule has 0 unspecified atom stereocenters. The number of piperazine rings is 1. The van der Waals surface area contributed by atoms with E-state index in [1.807, 2.05) is 12.3 Å². The van der Waals surface area contributed by atoms with Crippen LogP contribution in [-0.4, -0.2) is 41.0 Å². The lowest BCUT2D eigenvalue weighted by Crippen LogP contribution is -2.46. The average Bonchev–Trinajstić information content (AvgIpc) is 2.76. The first-order chi connectivity index (χ1) is 13.8. The fourth-order valence-electron chi connectivity index (χ4n) is 3.61. The maximum Gasteiger partial charge on any atom is 0.227 e. The van der Waals surface area contributed by atoms with Gasteiger partial charge in [0.2, 0.25) is 5.95 Å². The second-order valence-electron chi connectivity index (χ2n) is 7.13. The van der Waals surface area contributed by atoms with Gasteiger partial charge in [-0.1, -0.05) is 55.5 Å². The van der Waals surface area contributed by atoms with Crippen molar-refractivity contribution in [3.8, 4) is 0 Å². The number of benzene rings is 2. The van der Waals surface area contributed by atoms with Crippen molar-refractivity contribution in [1.82, 2.24) is 14.9 Å². The van der Waals surface area contributed by atoms with Gasteiger partial charge in [0.05, 0.1) is 0 Å². The molecule has 0 spiro atoms. The molecule has 1 aliphatic rings. The molecule has 0 radical (unpaired) electrons. The van der Waals surface area contributed by atoms with Crippen LogP contribution in [0.5, 0.6) is 0 Å². The summed E-state index contributed by atoms with van der Waals surface area (Å²) in [6.45, 7) is 7.11. The SMILES string of the molecule is CCc1ccccc1Nc1ccnc(N2CCN(Cc3ccccc3)CC2)n1. The van der Waals surface area contributed by atoms with Gasteiger partial charge in [0.1, 0.15) is 5.82 Å². The van der Waals surface area contributed by atoms with Crippen molar-refractivity contribution in [2.45, 2.75) is 19.9 Å². The summed E-state index contributed by atoms with van der Waals surface area (Å²) in [6, 6.07) is 21.0. The molecule has 0 saturated carbocycles. The van der Waals surface area contributed by atoms with Crippen molar-refractivity contribution in [2.75, 3.05) is 36.4 Å². The minimum Gasteiger partial charge on any atom is -0.340 e. The molecule has 4 rings (SSSR count). The van der Waals surface area contributed by atoms with E-state index in [4.69, 9.17) is 4.98 Å². The van der Waals surface area contributed by atoms with Crippen LogP contribution in [0.1, 0.15) is 18.1 Å². The molecule has 28 heavy (non-hydrogen) atoms. The summed E-state index contributed by atoms with van der Waals surface area (Å²) in [5.74, 6) is 1.65. The first-order valence-corrected chi connectivity index (χ1v) is 10.0. The zero-order valence-corrected chi connectivity index (χ0v) is 16.4. The molecule has 2 heterocycles. The maximum absolute atomic E-state index is 4.76. The van der Waals surface area contributed by atoms with E-state index in [1.165, 1.54) is 11.1 Å². The van der Waals surface area contributed by atoms with E-state index in [2.05, 4.69) is 81.6 Å². The topological polar surface area (TPSA) is 44.3 Å². The van der Waals surface area contributed by atoms with Gasteiger partial charge in [-0.25, -0.2) is 4.98 Å². The Bertz CT molecular complexity index is 888. The van der Waals surface area contributed by atoms with Gasteiger partial charge in [-0.05, 0) is 29.7 Å². The molecule has 1 aromatic heterocycles. The zero-order chi connectivity index (χ0) is 19.2. The summed E-state index contributed by atoms with van der Waals surface area (Å²) in [5.41, 5.74) is 3.77. The van der Waals surface area contributed by atoms with Crippen LogP contribution in [0.4, 0.5) is 17.5 Å². The monoisotopic (exact) mass is 373 g/mol. The standard InChI is InChI=1S/C23H27N5/c1-2-20-10-6-7-11-21(20)25-22-12-13-24-23(26-22)28-16-14-27(15-17-28)18-19-8-4-3-5-9-19/h3-13H,2,14-18H2,1H3,(H,24,25,26). The Hall–Kier alpha value is -2.92. The number of hydrogen-bond donors (Lipinski definition) is 1. The van der Waals surface area contributed by atoms with Gasteiger partial charge in [-0.3, -0.25) is 4.90 Å². The minimum atomic E-state index is 0.804. The van der Waals surface area contributed by atoms with E-state index >= 15 is 0 Å². The summed E-state index contributed by atoms with van der Waals surface area (Å²) in [7, 11) is 0. The number of nitrogens with zero attached hydrogens (tertiary/aromatic N) is 4. The lowest BCUT2D eigenvalue weighted by Gasteiger charge is -2.34. The molecule has 0 atom stereocenters. The highest BCUT2D eigenvalue weighted by Gasteiger charge is 2.19. The Morgan fingerprint density at radius 1 is 0.893 bits per heavy atom. The largest absolute Gasteiger partial charge is 0.340 e. The molecule has 3 aromatic rings. The molecule has 1 N–H and O–H groups in total. The lowest BCUT2D eigenvalue weighted by atomic mass is 10.1. The predicted molar refractivity (Wildman–Crippen MR) is 115 cm³/mol. The fraction of sp³-hybridized carbons (Fsp3) is 0.304. The van der Waals surface area contributed by atoms with Crippen LogP contribution < -0.4 is 10.2 Å². The number of para-hydroxylation sites is 1. The Morgan fingerprint density at radius 3 is 2.43 bits per heavy atom. The van der Waals surface area contributed by atoms with Gasteiger partial charge in [0.25, 0.3) is 0 Å². The van der Waals surface area contributed by atoms with E-state index in [1.54, 1.807) is 0 Å². The molecule has 1 aliphatic heterocycles. The Morgan fingerprint density at radius 2 is 1.64 bits per heavy atom. The van der Waals surface area contributed by atoms with Crippen LogP contribution in [0, 0.1) is 0 Å². The summed E-state index contributed by atoms with van der Waals surface area (Å²) < 4.78 is 0. The average molecular weight is 374 g/mol. The van der Waals surface area contributed by atoms with E-state index < -0.39 is 0 Å². The molecule has 1 saturated heterocycles. The summed E-state index contributed by atoms with van der Waals surface area (Å²) in [5, 5.41) is 3.46. The molecular formula is C23H27N5. The van der Waals surface area contributed by atoms with Crippen molar-refractivity contribution in [3.63, 3.8) is 0 Å². The van der Waals surface area contributed by atoms with Crippen LogP contribution in [0.3, 0.4) is 0 Å². The van der Waals surface area contributed by atoms with Crippen molar-refractivity contribution < 1.29 is 0 Å². The van der Waals surface area contributed by atoms with Gasteiger partial charge >= 0.3 is 0 Å². The van der Waals surface area contributed by atoms with Crippen LogP contribution in [-0.2, 0) is 13.0 Å². The highest BCUT2D eigenvalue weighted by atomic mass is 15.3. The third-order valence-corrected chi connectivity index (χ3v) is 5.21. The van der Waals surface area contributed by atoms with Gasteiger partial charge in [0.15, 0.2) is 0 Å². The smallest absolute Gasteiger partial charge is 0.227 e. The van der Waals surface area contributed by atoms with Crippen LogP contribution in [0.2, 0.25) is 0 Å². The third-order valence-electron chi connectivity index (χ3n) is 5.21. The molecule has 0 bridgehead atoms. The highest BCUT2D eigenvalue weighted by Crippen LogP contribution is 2.21. The summed E-state index contributed by atoms with van der Waals surface area (Å²) >= 11 is 0. The van der Waals surface area contributed by atoms with Crippen molar-refractivity contribution in [3.05, 3.63) is 78.0 Å². The molecular weight excluding hydrogens is 346 g/mol. The number of nitrogens with one attached hydrogen (secondary N) is 1. The van der Waals surface area contributed by atoms with Crippen LogP contribution >= 0.6 is 0 Å². The first kappa shape index (κ1) is 18.4. The fourth-order valence-corrected chi connectivity index (χ4v) is 3.61. The second-order valence-corrected chi connectivity index (χ2v) is 7.13. The van der Waals surface area contributed by atoms with Crippen LogP contribution in [0.15, 0.2) is 66.9 Å². The quantitative estimate of drug-likeness (QED) is 0.705. The number of rotatable bonds is 6. The molecule has 5 nitrogen and oxygen atoms in total. The predicted octanol–water partition coefficient (Wildman–Crippen LogP) is 4.10. The van der Waals surface area contributed by atoms with Crippen LogP contribution in [0.25, 0.3) is 0 Å². The van der Waals surface area contributed by atoms with Gasteiger partial charge in [-0.15, -0.1) is 0 Å². The molecule has 1 fully saturated rings. The lowest BCUT2D eigenvalue weighted by molar-refractivity contribution is 0.248. The van der Waals surface area contributed by atoms with Crippen molar-refractivity contribution in [2.24, 2.45) is 0 Å². The normalized spacial score (nSPS) is 14.8. The molecule has 5 heteroatoms. The molecule has 2 aromatic carbocycles. The van der Waals surface area contributed by atoms with E-state index in [9.17, 15) is 0 Å².